The summed E-state index contributed by atoms with van der Waals surface area (Å²) < 4.78 is 0. The molecule has 0 aromatic carbocycles. The molecule has 2 nitrogen and oxygen atoms in total. The van der Waals surface area contributed by atoms with Gasteiger partial charge in [0, 0.05) is 24.4 Å². The average molecular weight is 260 g/mol. The van der Waals surface area contributed by atoms with Crippen LogP contribution in [0.3, 0.4) is 0 Å². The molecule has 0 aromatic heterocycles. The van der Waals surface area contributed by atoms with Crippen LogP contribution >= 0.6 is 11.6 Å². The molecule has 100 valence electrons. The van der Waals surface area contributed by atoms with Gasteiger partial charge in [-0.15, -0.1) is 11.6 Å². The largest absolute Gasteiger partial charge is 0.341 e. The molecule has 0 aliphatic heterocycles. The van der Waals surface area contributed by atoms with Crippen molar-refractivity contribution < 1.29 is 4.79 Å². The summed E-state index contributed by atoms with van der Waals surface area (Å²) in [5.74, 6) is 0.886. The second-order valence-corrected chi connectivity index (χ2v) is 5.83. The summed E-state index contributed by atoms with van der Waals surface area (Å²) in [4.78, 5) is 14.6. The Morgan fingerprint density at radius 1 is 1.24 bits per heavy atom. The van der Waals surface area contributed by atoms with Gasteiger partial charge in [-0.1, -0.05) is 39.5 Å². The molecule has 1 saturated carbocycles. The SMILES string of the molecule is CCCCN(CCCl)C(=O)C1(C)CCCCC1. The Labute approximate surface area is 111 Å². The first-order valence-electron chi connectivity index (χ1n) is 6.99. The van der Waals surface area contributed by atoms with Crippen molar-refractivity contribution in [2.45, 2.75) is 58.8 Å². The Balaban J connectivity index is 2.61. The molecule has 1 rings (SSSR count). The minimum Gasteiger partial charge on any atom is -0.341 e. The van der Waals surface area contributed by atoms with Crippen LogP contribution in [0, 0.1) is 5.41 Å². The number of unbranched alkanes of at least 4 members (excludes halogenated alkanes) is 1. The number of carbonyl (C=O) groups excluding carboxylic acids is 1. The summed E-state index contributed by atoms with van der Waals surface area (Å²) >= 11 is 5.81. The number of rotatable bonds is 6. The third kappa shape index (κ3) is 4.17. The fourth-order valence-corrected chi connectivity index (χ4v) is 2.90. The van der Waals surface area contributed by atoms with Gasteiger partial charge in [-0.2, -0.15) is 0 Å². The van der Waals surface area contributed by atoms with Gasteiger partial charge in [-0.3, -0.25) is 4.79 Å². The monoisotopic (exact) mass is 259 g/mol. The lowest BCUT2D eigenvalue weighted by molar-refractivity contribution is -0.142. The molecule has 0 spiro atoms. The molecule has 0 N–H and O–H groups in total. The lowest BCUT2D eigenvalue weighted by Gasteiger charge is -2.37. The van der Waals surface area contributed by atoms with Gasteiger partial charge in [0.2, 0.25) is 5.91 Å². The molecule has 1 aliphatic carbocycles. The maximum Gasteiger partial charge on any atom is 0.228 e. The summed E-state index contributed by atoms with van der Waals surface area (Å²) in [5, 5.41) is 0. The fourth-order valence-electron chi connectivity index (χ4n) is 2.69. The Bertz CT molecular complexity index is 236. The van der Waals surface area contributed by atoms with Gasteiger partial charge in [0.15, 0.2) is 0 Å². The molecular formula is C14H26ClNO. The van der Waals surface area contributed by atoms with E-state index in [-0.39, 0.29) is 5.41 Å². The van der Waals surface area contributed by atoms with Gasteiger partial charge >= 0.3 is 0 Å². The lowest BCUT2D eigenvalue weighted by Crippen LogP contribution is -2.44. The van der Waals surface area contributed by atoms with Gasteiger partial charge in [0.1, 0.15) is 0 Å². The van der Waals surface area contributed by atoms with E-state index in [1.54, 1.807) is 0 Å². The maximum atomic E-state index is 12.6. The van der Waals surface area contributed by atoms with E-state index in [0.29, 0.717) is 18.3 Å². The van der Waals surface area contributed by atoms with Crippen molar-refractivity contribution in [2.75, 3.05) is 19.0 Å². The summed E-state index contributed by atoms with van der Waals surface area (Å²) in [6.07, 6.45) is 8.00. The smallest absolute Gasteiger partial charge is 0.228 e. The van der Waals surface area contributed by atoms with Crippen LogP contribution in [-0.4, -0.2) is 29.8 Å². The standard InChI is InChI=1S/C14H26ClNO/c1-3-4-11-16(12-10-15)13(17)14(2)8-6-5-7-9-14/h3-12H2,1-2H3. The topological polar surface area (TPSA) is 20.3 Å². The van der Waals surface area contributed by atoms with E-state index in [9.17, 15) is 4.79 Å². The number of nitrogens with zero attached hydrogens (tertiary/aromatic N) is 1. The zero-order valence-electron chi connectivity index (χ0n) is 11.3. The predicted octanol–water partition coefficient (Wildman–Crippen LogP) is 3.82. The van der Waals surface area contributed by atoms with Crippen molar-refractivity contribution in [3.63, 3.8) is 0 Å². The van der Waals surface area contributed by atoms with Crippen LogP contribution in [0.15, 0.2) is 0 Å². The number of hydrogen-bond donors (Lipinski definition) is 0. The van der Waals surface area contributed by atoms with Gasteiger partial charge in [-0.25, -0.2) is 0 Å². The van der Waals surface area contributed by atoms with Crippen LogP contribution in [-0.2, 0) is 4.79 Å². The van der Waals surface area contributed by atoms with Crippen LogP contribution in [0.25, 0.3) is 0 Å². The highest BCUT2D eigenvalue weighted by atomic mass is 35.5. The number of hydrogen-bond acceptors (Lipinski definition) is 1. The Morgan fingerprint density at radius 3 is 2.41 bits per heavy atom. The normalized spacial score (nSPS) is 19.0. The van der Waals surface area contributed by atoms with Gasteiger partial charge in [0.25, 0.3) is 0 Å². The van der Waals surface area contributed by atoms with E-state index in [1.165, 1.54) is 19.3 Å². The lowest BCUT2D eigenvalue weighted by atomic mass is 9.74. The Morgan fingerprint density at radius 2 is 1.88 bits per heavy atom. The Hall–Kier alpha value is -0.240. The van der Waals surface area contributed by atoms with Crippen molar-refractivity contribution in [3.8, 4) is 0 Å². The molecule has 0 bridgehead atoms. The highest BCUT2D eigenvalue weighted by molar-refractivity contribution is 6.18. The average Bonchev–Trinajstić information content (AvgIpc) is 2.34. The summed E-state index contributed by atoms with van der Waals surface area (Å²) in [5.41, 5.74) is -0.113. The fraction of sp³-hybridized carbons (Fsp3) is 0.929. The number of alkyl halides is 1. The molecule has 0 atom stereocenters. The number of carbonyl (C=O) groups is 1. The van der Waals surface area contributed by atoms with Crippen LogP contribution in [0.5, 0.6) is 0 Å². The predicted molar refractivity (Wildman–Crippen MR) is 73.4 cm³/mol. The second kappa shape index (κ2) is 7.25. The summed E-state index contributed by atoms with van der Waals surface area (Å²) in [7, 11) is 0. The molecule has 1 fully saturated rings. The third-order valence-corrected chi connectivity index (χ3v) is 4.07. The quantitative estimate of drug-likeness (QED) is 0.664. The van der Waals surface area contributed by atoms with E-state index in [4.69, 9.17) is 11.6 Å². The maximum absolute atomic E-state index is 12.6. The molecule has 0 heterocycles. The van der Waals surface area contributed by atoms with E-state index < -0.39 is 0 Å². The Kier molecular flexibility index (Phi) is 6.32. The third-order valence-electron chi connectivity index (χ3n) is 3.90. The van der Waals surface area contributed by atoms with Crippen LogP contribution < -0.4 is 0 Å². The van der Waals surface area contributed by atoms with E-state index in [0.717, 1.165) is 32.2 Å². The summed E-state index contributed by atoms with van der Waals surface area (Å²) in [6.45, 7) is 5.88. The van der Waals surface area contributed by atoms with E-state index in [1.807, 2.05) is 4.90 Å². The van der Waals surface area contributed by atoms with Crippen molar-refractivity contribution in [3.05, 3.63) is 0 Å². The molecule has 0 saturated heterocycles. The zero-order chi connectivity index (χ0) is 12.7. The highest BCUT2D eigenvalue weighted by Gasteiger charge is 2.37. The molecule has 17 heavy (non-hydrogen) atoms. The molecular weight excluding hydrogens is 234 g/mol. The summed E-state index contributed by atoms with van der Waals surface area (Å²) in [6, 6.07) is 0. The molecule has 0 radical (unpaired) electrons. The van der Waals surface area contributed by atoms with Crippen molar-refractivity contribution in [2.24, 2.45) is 5.41 Å². The van der Waals surface area contributed by atoms with E-state index in [2.05, 4.69) is 13.8 Å². The molecule has 3 heteroatoms. The van der Waals surface area contributed by atoms with Crippen LogP contribution in [0.4, 0.5) is 0 Å². The minimum atomic E-state index is -0.113. The van der Waals surface area contributed by atoms with Gasteiger partial charge < -0.3 is 4.90 Å². The van der Waals surface area contributed by atoms with Crippen LogP contribution in [0.1, 0.15) is 58.8 Å². The second-order valence-electron chi connectivity index (χ2n) is 5.46. The molecule has 1 amide bonds. The zero-order valence-corrected chi connectivity index (χ0v) is 12.1. The van der Waals surface area contributed by atoms with Crippen molar-refractivity contribution >= 4 is 17.5 Å². The number of amides is 1. The first-order valence-corrected chi connectivity index (χ1v) is 7.53. The first-order chi connectivity index (χ1) is 8.14. The van der Waals surface area contributed by atoms with Crippen LogP contribution in [0.2, 0.25) is 0 Å². The number of halogens is 1. The molecule has 0 unspecified atom stereocenters. The minimum absolute atomic E-state index is 0.113. The van der Waals surface area contributed by atoms with Crippen molar-refractivity contribution in [1.29, 1.82) is 0 Å². The van der Waals surface area contributed by atoms with Crippen molar-refractivity contribution in [1.82, 2.24) is 4.90 Å². The van der Waals surface area contributed by atoms with E-state index >= 15 is 0 Å². The van der Waals surface area contributed by atoms with Gasteiger partial charge in [-0.05, 0) is 19.3 Å². The molecule has 0 aromatic rings. The molecule has 1 aliphatic rings. The van der Waals surface area contributed by atoms with Gasteiger partial charge in [0.05, 0.1) is 0 Å². The first kappa shape index (κ1) is 14.8. The highest BCUT2D eigenvalue weighted by Crippen LogP contribution is 2.37.